The van der Waals surface area contributed by atoms with Gasteiger partial charge in [0.15, 0.2) is 11.5 Å². The highest BCUT2D eigenvalue weighted by Crippen LogP contribution is 2.45. The molecule has 4 rings (SSSR count). The van der Waals surface area contributed by atoms with Crippen molar-refractivity contribution >= 4 is 11.7 Å². The van der Waals surface area contributed by atoms with Gasteiger partial charge < -0.3 is 19.9 Å². The standard InChI is InChI=1S/C21H21NO4/c1-12-16-7-6-14(10-15(16)11-22-12)17-8-9-18(23)20(25-2)19(17)26-21(24)13-4-3-5-13/h6-10,13,22-23H,1,3-5,11H2,2H3. The zero-order valence-corrected chi connectivity index (χ0v) is 14.7. The Morgan fingerprint density at radius 3 is 2.65 bits per heavy atom. The summed E-state index contributed by atoms with van der Waals surface area (Å²) in [6.45, 7) is 4.71. The fourth-order valence-electron chi connectivity index (χ4n) is 3.41. The van der Waals surface area contributed by atoms with Crippen LogP contribution in [0.15, 0.2) is 36.9 Å². The summed E-state index contributed by atoms with van der Waals surface area (Å²) < 4.78 is 11.0. The van der Waals surface area contributed by atoms with E-state index in [1.807, 2.05) is 18.2 Å². The summed E-state index contributed by atoms with van der Waals surface area (Å²) in [5, 5.41) is 13.4. The Morgan fingerprint density at radius 1 is 1.19 bits per heavy atom. The summed E-state index contributed by atoms with van der Waals surface area (Å²) in [6, 6.07) is 9.32. The van der Waals surface area contributed by atoms with Gasteiger partial charge in [-0.3, -0.25) is 4.79 Å². The Labute approximate surface area is 152 Å². The van der Waals surface area contributed by atoms with Crippen LogP contribution in [0.2, 0.25) is 0 Å². The quantitative estimate of drug-likeness (QED) is 0.647. The number of rotatable bonds is 4. The molecule has 1 fully saturated rings. The van der Waals surface area contributed by atoms with Crippen molar-refractivity contribution in [2.24, 2.45) is 5.92 Å². The molecule has 2 N–H and O–H groups in total. The second kappa shape index (κ2) is 6.41. The lowest BCUT2D eigenvalue weighted by atomic mass is 9.85. The normalized spacial score (nSPS) is 15.8. The fourth-order valence-corrected chi connectivity index (χ4v) is 3.41. The number of phenols is 1. The van der Waals surface area contributed by atoms with Crippen molar-refractivity contribution in [2.45, 2.75) is 25.8 Å². The number of hydrogen-bond donors (Lipinski definition) is 2. The number of hydrogen-bond acceptors (Lipinski definition) is 5. The second-order valence-corrected chi connectivity index (χ2v) is 6.75. The lowest BCUT2D eigenvalue weighted by molar-refractivity contribution is -0.141. The van der Waals surface area contributed by atoms with Crippen molar-refractivity contribution < 1.29 is 19.4 Å². The highest BCUT2D eigenvalue weighted by molar-refractivity contribution is 5.84. The number of ether oxygens (including phenoxy) is 2. The minimum absolute atomic E-state index is 0.0520. The van der Waals surface area contributed by atoms with E-state index in [2.05, 4.69) is 11.9 Å². The molecule has 0 bridgehead atoms. The Kier molecular flexibility index (Phi) is 4.07. The maximum Gasteiger partial charge on any atom is 0.314 e. The number of aromatic hydroxyl groups is 1. The van der Waals surface area contributed by atoms with Crippen LogP contribution in [-0.4, -0.2) is 18.2 Å². The van der Waals surface area contributed by atoms with E-state index in [0.29, 0.717) is 12.1 Å². The van der Waals surface area contributed by atoms with E-state index < -0.39 is 0 Å². The van der Waals surface area contributed by atoms with E-state index in [1.54, 1.807) is 12.1 Å². The summed E-state index contributed by atoms with van der Waals surface area (Å²) in [7, 11) is 1.45. The number of nitrogens with one attached hydrogen (secondary N) is 1. The molecule has 0 aromatic heterocycles. The molecule has 1 aliphatic carbocycles. The first-order valence-electron chi connectivity index (χ1n) is 8.76. The van der Waals surface area contributed by atoms with Crippen LogP contribution in [0.4, 0.5) is 0 Å². The maximum atomic E-state index is 12.4. The Morgan fingerprint density at radius 2 is 1.96 bits per heavy atom. The van der Waals surface area contributed by atoms with Crippen molar-refractivity contribution in [2.75, 3.05) is 7.11 Å². The van der Waals surface area contributed by atoms with E-state index in [-0.39, 0.29) is 29.1 Å². The van der Waals surface area contributed by atoms with Gasteiger partial charge in [-0.15, -0.1) is 0 Å². The third kappa shape index (κ3) is 2.69. The summed E-state index contributed by atoms with van der Waals surface area (Å²) in [5.74, 6) is 0.0660. The van der Waals surface area contributed by atoms with Crippen LogP contribution in [0.25, 0.3) is 16.8 Å². The van der Waals surface area contributed by atoms with Gasteiger partial charge in [0.25, 0.3) is 0 Å². The van der Waals surface area contributed by atoms with Crippen LogP contribution in [0.1, 0.15) is 30.4 Å². The van der Waals surface area contributed by atoms with Crippen LogP contribution in [0, 0.1) is 5.92 Å². The second-order valence-electron chi connectivity index (χ2n) is 6.75. The van der Waals surface area contributed by atoms with Gasteiger partial charge in [0, 0.05) is 23.4 Å². The van der Waals surface area contributed by atoms with E-state index in [0.717, 1.165) is 41.6 Å². The van der Waals surface area contributed by atoms with Crippen molar-refractivity contribution in [3.63, 3.8) is 0 Å². The summed E-state index contributed by atoms with van der Waals surface area (Å²) in [5.41, 5.74) is 4.75. The molecule has 26 heavy (non-hydrogen) atoms. The topological polar surface area (TPSA) is 67.8 Å². The van der Waals surface area contributed by atoms with E-state index in [9.17, 15) is 9.90 Å². The maximum absolute atomic E-state index is 12.4. The Bertz CT molecular complexity index is 899. The van der Waals surface area contributed by atoms with Crippen molar-refractivity contribution in [1.82, 2.24) is 5.32 Å². The molecule has 0 amide bonds. The van der Waals surface area contributed by atoms with E-state index in [1.165, 1.54) is 7.11 Å². The molecule has 134 valence electrons. The fraction of sp³-hybridized carbons (Fsp3) is 0.286. The summed E-state index contributed by atoms with van der Waals surface area (Å²) in [4.78, 5) is 12.4. The molecule has 1 saturated carbocycles. The third-order valence-electron chi connectivity index (χ3n) is 5.17. The van der Waals surface area contributed by atoms with Crippen LogP contribution in [0.3, 0.4) is 0 Å². The molecule has 0 atom stereocenters. The first-order chi connectivity index (χ1) is 12.6. The van der Waals surface area contributed by atoms with Crippen molar-refractivity contribution in [3.8, 4) is 28.4 Å². The molecular weight excluding hydrogens is 330 g/mol. The number of benzene rings is 2. The highest BCUT2D eigenvalue weighted by Gasteiger charge is 2.29. The van der Waals surface area contributed by atoms with Crippen molar-refractivity contribution in [3.05, 3.63) is 48.0 Å². The lowest BCUT2D eigenvalue weighted by Crippen LogP contribution is -2.26. The van der Waals surface area contributed by atoms with Gasteiger partial charge in [0.05, 0.1) is 13.0 Å². The molecule has 2 aromatic rings. The molecule has 5 nitrogen and oxygen atoms in total. The molecule has 1 heterocycles. The molecular formula is C21H21NO4. The van der Waals surface area contributed by atoms with Gasteiger partial charge in [-0.2, -0.15) is 0 Å². The number of phenolic OH excluding ortho intramolecular Hbond substituents is 1. The SMILES string of the molecule is C=C1NCc2cc(-c3ccc(O)c(OC)c3OC(=O)C3CCC3)ccc21. The minimum atomic E-state index is -0.266. The lowest BCUT2D eigenvalue weighted by Gasteiger charge is -2.24. The predicted octanol–water partition coefficient (Wildman–Crippen LogP) is 3.85. The smallest absolute Gasteiger partial charge is 0.314 e. The average molecular weight is 351 g/mol. The first-order valence-corrected chi connectivity index (χ1v) is 8.76. The van der Waals surface area contributed by atoms with Crippen LogP contribution in [-0.2, 0) is 11.3 Å². The highest BCUT2D eigenvalue weighted by atomic mass is 16.6. The molecule has 2 aromatic carbocycles. The van der Waals surface area contributed by atoms with Gasteiger partial charge in [-0.05, 0) is 42.2 Å². The monoisotopic (exact) mass is 351 g/mol. The van der Waals surface area contributed by atoms with Gasteiger partial charge in [0.2, 0.25) is 5.75 Å². The summed E-state index contributed by atoms with van der Waals surface area (Å²) >= 11 is 0. The number of methoxy groups -OCH3 is 1. The number of esters is 1. The van der Waals surface area contributed by atoms with Crippen LogP contribution in [0.5, 0.6) is 17.2 Å². The molecule has 1 aliphatic heterocycles. The third-order valence-corrected chi connectivity index (χ3v) is 5.17. The molecule has 0 unspecified atom stereocenters. The van der Waals surface area contributed by atoms with Crippen molar-refractivity contribution in [1.29, 1.82) is 0 Å². The van der Waals surface area contributed by atoms with Gasteiger partial charge in [0.1, 0.15) is 0 Å². The Hall–Kier alpha value is -2.95. The number of carbonyl (C=O) groups excluding carboxylic acids is 1. The molecule has 2 aliphatic rings. The number of carbonyl (C=O) groups is 1. The average Bonchev–Trinajstić information content (AvgIpc) is 2.94. The van der Waals surface area contributed by atoms with E-state index in [4.69, 9.17) is 9.47 Å². The minimum Gasteiger partial charge on any atom is -0.504 e. The zero-order valence-electron chi connectivity index (χ0n) is 14.7. The first kappa shape index (κ1) is 16.5. The van der Waals surface area contributed by atoms with Crippen LogP contribution < -0.4 is 14.8 Å². The van der Waals surface area contributed by atoms with E-state index >= 15 is 0 Å². The predicted molar refractivity (Wildman–Crippen MR) is 98.9 cm³/mol. The van der Waals surface area contributed by atoms with Gasteiger partial charge in [-0.1, -0.05) is 25.1 Å². The van der Waals surface area contributed by atoms with Crippen LogP contribution >= 0.6 is 0 Å². The molecule has 0 radical (unpaired) electrons. The summed E-state index contributed by atoms with van der Waals surface area (Å²) in [6.07, 6.45) is 2.75. The molecule has 0 spiro atoms. The van der Waals surface area contributed by atoms with Gasteiger partial charge >= 0.3 is 5.97 Å². The molecule has 0 saturated heterocycles. The number of fused-ring (bicyclic) bond motifs is 1. The largest absolute Gasteiger partial charge is 0.504 e. The zero-order chi connectivity index (χ0) is 18.3. The van der Waals surface area contributed by atoms with Gasteiger partial charge in [-0.25, -0.2) is 0 Å². The Balaban J connectivity index is 1.78. The molecule has 5 heteroatoms.